The van der Waals surface area contributed by atoms with Crippen LogP contribution in [-0.2, 0) is 4.79 Å². The lowest BCUT2D eigenvalue weighted by Gasteiger charge is -2.29. The summed E-state index contributed by atoms with van der Waals surface area (Å²) in [6, 6.07) is 5.19. The van der Waals surface area contributed by atoms with E-state index in [2.05, 4.69) is 10.4 Å². The van der Waals surface area contributed by atoms with Crippen molar-refractivity contribution in [1.29, 1.82) is 0 Å². The summed E-state index contributed by atoms with van der Waals surface area (Å²) in [7, 11) is 0. The Bertz CT molecular complexity index is 680. The van der Waals surface area contributed by atoms with Crippen molar-refractivity contribution >= 4 is 17.4 Å². The highest BCUT2D eigenvalue weighted by molar-refractivity contribution is 6.00. The molecule has 2 aromatic rings. The fourth-order valence-corrected chi connectivity index (χ4v) is 2.95. The Labute approximate surface area is 121 Å². The molecule has 0 aromatic carbocycles. The van der Waals surface area contributed by atoms with Crippen molar-refractivity contribution in [3.05, 3.63) is 36.2 Å². The lowest BCUT2D eigenvalue weighted by Crippen LogP contribution is -2.45. The summed E-state index contributed by atoms with van der Waals surface area (Å²) in [5, 5.41) is 16.3. The van der Waals surface area contributed by atoms with Crippen LogP contribution in [0.5, 0.6) is 0 Å². The monoisotopic (exact) mass is 287 g/mol. The molecule has 0 bridgehead atoms. The van der Waals surface area contributed by atoms with Gasteiger partial charge in [-0.05, 0) is 25.0 Å². The zero-order valence-corrected chi connectivity index (χ0v) is 11.5. The third kappa shape index (κ3) is 2.61. The average Bonchev–Trinajstić information content (AvgIpc) is 2.91. The van der Waals surface area contributed by atoms with E-state index in [1.807, 2.05) is 18.2 Å². The van der Waals surface area contributed by atoms with E-state index in [9.17, 15) is 14.7 Å². The quantitative estimate of drug-likeness (QED) is 0.900. The lowest BCUT2D eigenvalue weighted by atomic mass is 9.84. The van der Waals surface area contributed by atoms with Gasteiger partial charge in [0.1, 0.15) is 0 Å². The van der Waals surface area contributed by atoms with Gasteiger partial charge in [-0.2, -0.15) is 5.10 Å². The molecule has 0 unspecified atom stereocenters. The number of carbonyl (C=O) groups is 2. The summed E-state index contributed by atoms with van der Waals surface area (Å²) < 4.78 is 1.63. The van der Waals surface area contributed by atoms with Gasteiger partial charge in [0, 0.05) is 12.2 Å². The van der Waals surface area contributed by atoms with E-state index in [0.29, 0.717) is 18.4 Å². The standard InChI is InChI=1S/C15H17N3O3/c19-14(11-9-16-18-8-4-3-7-13(11)18)17-12-6-2-1-5-10(12)15(20)21/h3-4,7-10,12H,1-2,5-6H2,(H,17,19)(H,20,21)/t10-,12+/m1/s1. The maximum atomic E-state index is 12.4. The number of amides is 1. The van der Waals surface area contributed by atoms with E-state index < -0.39 is 11.9 Å². The molecule has 1 amide bonds. The largest absolute Gasteiger partial charge is 0.481 e. The number of hydrogen-bond donors (Lipinski definition) is 2. The highest BCUT2D eigenvalue weighted by atomic mass is 16.4. The highest BCUT2D eigenvalue weighted by Crippen LogP contribution is 2.25. The third-order valence-electron chi connectivity index (χ3n) is 4.07. The molecule has 1 aliphatic rings. The first kappa shape index (κ1) is 13.6. The lowest BCUT2D eigenvalue weighted by molar-refractivity contribution is -0.143. The molecule has 110 valence electrons. The molecule has 2 atom stereocenters. The Hall–Kier alpha value is -2.37. The highest BCUT2D eigenvalue weighted by Gasteiger charge is 2.32. The van der Waals surface area contributed by atoms with Gasteiger partial charge in [-0.1, -0.05) is 18.9 Å². The summed E-state index contributed by atoms with van der Waals surface area (Å²) in [5.74, 6) is -1.58. The second-order valence-corrected chi connectivity index (χ2v) is 5.40. The van der Waals surface area contributed by atoms with Crippen LogP contribution < -0.4 is 5.32 Å². The summed E-state index contributed by atoms with van der Waals surface area (Å²) in [5.41, 5.74) is 1.20. The molecule has 6 nitrogen and oxygen atoms in total. The maximum absolute atomic E-state index is 12.4. The van der Waals surface area contributed by atoms with Crippen molar-refractivity contribution in [3.63, 3.8) is 0 Å². The normalized spacial score (nSPS) is 22.1. The first-order valence-electron chi connectivity index (χ1n) is 7.13. The van der Waals surface area contributed by atoms with Crippen LogP contribution in [0.25, 0.3) is 5.52 Å². The van der Waals surface area contributed by atoms with Crippen molar-refractivity contribution in [3.8, 4) is 0 Å². The van der Waals surface area contributed by atoms with Crippen LogP contribution >= 0.6 is 0 Å². The van der Waals surface area contributed by atoms with E-state index in [1.165, 1.54) is 6.20 Å². The van der Waals surface area contributed by atoms with Gasteiger partial charge in [-0.15, -0.1) is 0 Å². The molecule has 0 spiro atoms. The molecule has 2 N–H and O–H groups in total. The van der Waals surface area contributed by atoms with Crippen LogP contribution in [0.15, 0.2) is 30.6 Å². The molecule has 2 heterocycles. The number of rotatable bonds is 3. The number of aliphatic carboxylic acids is 1. The van der Waals surface area contributed by atoms with E-state index in [4.69, 9.17) is 0 Å². The first-order chi connectivity index (χ1) is 10.2. The predicted octanol–water partition coefficient (Wildman–Crippen LogP) is 1.71. The molecule has 3 rings (SSSR count). The SMILES string of the molecule is O=C(N[C@H]1CCCC[C@H]1C(=O)O)c1cnn2ccccc12. The van der Waals surface area contributed by atoms with Gasteiger partial charge >= 0.3 is 5.97 Å². The number of carboxylic acid groups (broad SMARTS) is 1. The van der Waals surface area contributed by atoms with Gasteiger partial charge in [0.15, 0.2) is 0 Å². The Morgan fingerprint density at radius 1 is 1.29 bits per heavy atom. The fourth-order valence-electron chi connectivity index (χ4n) is 2.95. The van der Waals surface area contributed by atoms with Crippen molar-refractivity contribution < 1.29 is 14.7 Å². The number of nitrogens with zero attached hydrogens (tertiary/aromatic N) is 2. The second kappa shape index (κ2) is 5.55. The Balaban J connectivity index is 1.80. The predicted molar refractivity (Wildman–Crippen MR) is 76.0 cm³/mol. The second-order valence-electron chi connectivity index (χ2n) is 5.40. The molecule has 0 saturated heterocycles. The van der Waals surface area contributed by atoms with Gasteiger partial charge in [0.2, 0.25) is 0 Å². The topological polar surface area (TPSA) is 83.7 Å². The molecule has 2 aromatic heterocycles. The van der Waals surface area contributed by atoms with Crippen molar-refractivity contribution in [2.24, 2.45) is 5.92 Å². The molecule has 21 heavy (non-hydrogen) atoms. The molecule has 6 heteroatoms. The minimum atomic E-state index is -0.833. The van der Waals surface area contributed by atoms with Gasteiger partial charge in [0.05, 0.1) is 23.2 Å². The summed E-state index contributed by atoms with van der Waals surface area (Å²) in [6.45, 7) is 0. The maximum Gasteiger partial charge on any atom is 0.308 e. The Morgan fingerprint density at radius 2 is 2.10 bits per heavy atom. The summed E-state index contributed by atoms with van der Waals surface area (Å²) >= 11 is 0. The van der Waals surface area contributed by atoms with Crippen LogP contribution in [0.3, 0.4) is 0 Å². The minimum Gasteiger partial charge on any atom is -0.481 e. The fraction of sp³-hybridized carbons (Fsp3) is 0.400. The van der Waals surface area contributed by atoms with Gasteiger partial charge < -0.3 is 10.4 Å². The van der Waals surface area contributed by atoms with Crippen LogP contribution in [0.1, 0.15) is 36.0 Å². The molecule has 1 fully saturated rings. The van der Waals surface area contributed by atoms with E-state index in [-0.39, 0.29) is 11.9 Å². The number of aromatic nitrogens is 2. The van der Waals surface area contributed by atoms with Gasteiger partial charge in [0.25, 0.3) is 5.91 Å². The molecule has 1 aliphatic carbocycles. The van der Waals surface area contributed by atoms with Crippen LogP contribution in [0.2, 0.25) is 0 Å². The molecule has 0 aliphatic heterocycles. The average molecular weight is 287 g/mol. The number of hydrogen-bond acceptors (Lipinski definition) is 3. The van der Waals surface area contributed by atoms with E-state index in [0.717, 1.165) is 18.4 Å². The van der Waals surface area contributed by atoms with Crippen LogP contribution in [0, 0.1) is 5.92 Å². The van der Waals surface area contributed by atoms with Crippen LogP contribution in [0.4, 0.5) is 0 Å². The third-order valence-corrected chi connectivity index (χ3v) is 4.07. The number of pyridine rings is 1. The zero-order valence-electron chi connectivity index (χ0n) is 11.5. The molecular weight excluding hydrogens is 270 g/mol. The summed E-state index contributed by atoms with van der Waals surface area (Å²) in [6.07, 6.45) is 6.47. The Morgan fingerprint density at radius 3 is 2.90 bits per heavy atom. The summed E-state index contributed by atoms with van der Waals surface area (Å²) in [4.78, 5) is 23.7. The number of carboxylic acids is 1. The van der Waals surface area contributed by atoms with E-state index in [1.54, 1.807) is 10.7 Å². The first-order valence-corrected chi connectivity index (χ1v) is 7.13. The van der Waals surface area contributed by atoms with E-state index >= 15 is 0 Å². The number of fused-ring (bicyclic) bond motifs is 1. The van der Waals surface area contributed by atoms with Crippen molar-refractivity contribution in [2.75, 3.05) is 0 Å². The molecule has 1 saturated carbocycles. The Kier molecular flexibility index (Phi) is 3.60. The molecular formula is C15H17N3O3. The van der Waals surface area contributed by atoms with Gasteiger partial charge in [-0.25, -0.2) is 4.52 Å². The number of nitrogens with one attached hydrogen (secondary N) is 1. The van der Waals surface area contributed by atoms with Crippen molar-refractivity contribution in [2.45, 2.75) is 31.7 Å². The van der Waals surface area contributed by atoms with Crippen molar-refractivity contribution in [1.82, 2.24) is 14.9 Å². The van der Waals surface area contributed by atoms with Crippen LogP contribution in [-0.4, -0.2) is 32.6 Å². The number of carbonyl (C=O) groups excluding carboxylic acids is 1. The smallest absolute Gasteiger partial charge is 0.308 e. The van der Waals surface area contributed by atoms with Gasteiger partial charge in [-0.3, -0.25) is 9.59 Å². The minimum absolute atomic E-state index is 0.255. The zero-order chi connectivity index (χ0) is 14.8. The molecule has 0 radical (unpaired) electrons.